The highest BCUT2D eigenvalue weighted by Gasteiger charge is 2.22. The fourth-order valence-corrected chi connectivity index (χ4v) is 4.11. The fraction of sp³-hybridized carbons (Fsp3) is 0.565. The molecule has 3 heterocycles. The van der Waals surface area contributed by atoms with Gasteiger partial charge in [-0.15, -0.1) is 0 Å². The summed E-state index contributed by atoms with van der Waals surface area (Å²) in [6.07, 6.45) is 8.28. The lowest BCUT2D eigenvalue weighted by atomic mass is 10.0. The number of nitrogens with one attached hydrogen (secondary N) is 2. The van der Waals surface area contributed by atoms with E-state index in [1.165, 1.54) is 32.1 Å². The van der Waals surface area contributed by atoms with Crippen LogP contribution in [-0.2, 0) is 11.3 Å². The Hall–Kier alpha value is -2.54. The number of hydrogen-bond acceptors (Lipinski definition) is 4. The summed E-state index contributed by atoms with van der Waals surface area (Å²) in [6.45, 7) is 7.75. The molecule has 1 unspecified atom stereocenters. The van der Waals surface area contributed by atoms with Crippen molar-refractivity contribution in [1.82, 2.24) is 10.2 Å². The third-order valence-electron chi connectivity index (χ3n) is 5.99. The van der Waals surface area contributed by atoms with E-state index >= 15 is 0 Å². The summed E-state index contributed by atoms with van der Waals surface area (Å²) in [5.41, 5.74) is 0.514. The molecule has 1 aliphatic heterocycles. The fourth-order valence-electron chi connectivity index (χ4n) is 4.11. The van der Waals surface area contributed by atoms with E-state index in [4.69, 9.17) is 8.83 Å². The molecule has 0 radical (unpaired) electrons. The van der Waals surface area contributed by atoms with Gasteiger partial charge in [-0.05, 0) is 51.3 Å². The van der Waals surface area contributed by atoms with E-state index in [9.17, 15) is 9.59 Å². The van der Waals surface area contributed by atoms with Crippen LogP contribution in [0.15, 0.2) is 39.6 Å². The van der Waals surface area contributed by atoms with E-state index in [-0.39, 0.29) is 18.2 Å². The Kier molecular flexibility index (Phi) is 8.13. The van der Waals surface area contributed by atoms with Crippen molar-refractivity contribution >= 4 is 11.8 Å². The van der Waals surface area contributed by atoms with Gasteiger partial charge in [-0.25, -0.2) is 0 Å². The van der Waals surface area contributed by atoms with Crippen molar-refractivity contribution < 1.29 is 23.3 Å². The topological polar surface area (TPSA) is 80.1 Å². The lowest BCUT2D eigenvalue weighted by Gasteiger charge is -2.30. The normalized spacial score (nSPS) is 18.9. The number of likely N-dealkylation sites (tertiary alicyclic amines) is 1. The van der Waals surface area contributed by atoms with Gasteiger partial charge in [0.25, 0.3) is 5.91 Å². The SMILES string of the molecule is Cc1occc1C(=O)N(CCC(=O)NCCC[NH+]1CCCC[C@H]1C)Cc1ccco1. The van der Waals surface area contributed by atoms with Crippen molar-refractivity contribution in [1.29, 1.82) is 0 Å². The molecular formula is C23H34N3O4+. The summed E-state index contributed by atoms with van der Waals surface area (Å²) < 4.78 is 10.7. The second kappa shape index (κ2) is 11.0. The third kappa shape index (κ3) is 6.23. The molecule has 0 aliphatic carbocycles. The molecule has 7 nitrogen and oxygen atoms in total. The summed E-state index contributed by atoms with van der Waals surface area (Å²) >= 11 is 0. The zero-order chi connectivity index (χ0) is 21.3. The molecule has 1 fully saturated rings. The molecule has 30 heavy (non-hydrogen) atoms. The Labute approximate surface area is 178 Å². The van der Waals surface area contributed by atoms with Crippen LogP contribution in [0.1, 0.15) is 60.9 Å². The number of nitrogens with zero attached hydrogens (tertiary/aromatic N) is 1. The maximum atomic E-state index is 12.9. The molecule has 164 valence electrons. The van der Waals surface area contributed by atoms with Crippen molar-refractivity contribution in [2.24, 2.45) is 0 Å². The number of rotatable bonds is 10. The largest absolute Gasteiger partial charge is 0.469 e. The zero-order valence-corrected chi connectivity index (χ0v) is 18.1. The zero-order valence-electron chi connectivity index (χ0n) is 18.1. The Morgan fingerprint density at radius 1 is 1.23 bits per heavy atom. The molecule has 0 saturated carbocycles. The van der Waals surface area contributed by atoms with Crippen LogP contribution in [0.3, 0.4) is 0 Å². The molecule has 0 aromatic carbocycles. The minimum atomic E-state index is -0.159. The number of carbonyl (C=O) groups excluding carboxylic acids is 2. The number of hydrogen-bond donors (Lipinski definition) is 2. The van der Waals surface area contributed by atoms with Gasteiger partial charge in [-0.2, -0.15) is 0 Å². The quantitative estimate of drug-likeness (QED) is 0.582. The number of furan rings is 2. The smallest absolute Gasteiger partial charge is 0.257 e. The van der Waals surface area contributed by atoms with Crippen LogP contribution in [0.4, 0.5) is 0 Å². The van der Waals surface area contributed by atoms with E-state index in [1.807, 2.05) is 6.07 Å². The second-order valence-corrected chi connectivity index (χ2v) is 8.21. The molecule has 0 spiro atoms. The maximum Gasteiger partial charge on any atom is 0.257 e. The molecule has 2 aromatic rings. The maximum absolute atomic E-state index is 12.9. The summed E-state index contributed by atoms with van der Waals surface area (Å²) in [6, 6.07) is 6.00. The van der Waals surface area contributed by atoms with Crippen LogP contribution in [0.2, 0.25) is 0 Å². The molecule has 1 aliphatic rings. The minimum Gasteiger partial charge on any atom is -0.469 e. The van der Waals surface area contributed by atoms with Crippen LogP contribution in [0.5, 0.6) is 0 Å². The summed E-state index contributed by atoms with van der Waals surface area (Å²) in [7, 11) is 0. The first-order valence-corrected chi connectivity index (χ1v) is 11.0. The van der Waals surface area contributed by atoms with Gasteiger partial charge in [0.05, 0.1) is 43.8 Å². The highest BCUT2D eigenvalue weighted by Crippen LogP contribution is 2.15. The Morgan fingerprint density at radius 2 is 2.10 bits per heavy atom. The van der Waals surface area contributed by atoms with Crippen molar-refractivity contribution in [2.75, 3.05) is 26.2 Å². The monoisotopic (exact) mass is 416 g/mol. The van der Waals surface area contributed by atoms with Gasteiger partial charge < -0.3 is 24.0 Å². The Balaban J connectivity index is 1.45. The standard InChI is InChI=1S/C23H33N3O4/c1-18-7-3-4-12-25(18)13-6-11-24-22(27)9-14-26(17-20-8-5-15-30-20)23(28)21-10-16-29-19(21)2/h5,8,10,15-16,18H,3-4,6-7,9,11-14,17H2,1-2H3,(H,24,27)/p+1/t18-/m1/s1. The van der Waals surface area contributed by atoms with Gasteiger partial charge in [0, 0.05) is 25.9 Å². The molecular weight excluding hydrogens is 382 g/mol. The number of carbonyl (C=O) groups is 2. The van der Waals surface area contributed by atoms with Gasteiger partial charge in [0.1, 0.15) is 11.5 Å². The summed E-state index contributed by atoms with van der Waals surface area (Å²) in [5, 5.41) is 3.00. The highest BCUT2D eigenvalue weighted by molar-refractivity contribution is 5.95. The van der Waals surface area contributed by atoms with Gasteiger partial charge in [0.15, 0.2) is 0 Å². The average molecular weight is 417 g/mol. The van der Waals surface area contributed by atoms with Crippen LogP contribution in [-0.4, -0.2) is 48.9 Å². The molecule has 7 heteroatoms. The Bertz CT molecular complexity index is 799. The predicted molar refractivity (Wildman–Crippen MR) is 113 cm³/mol. The first-order chi connectivity index (χ1) is 14.5. The molecule has 2 N–H and O–H groups in total. The minimum absolute atomic E-state index is 0.0298. The molecule has 2 atom stereocenters. The van der Waals surface area contributed by atoms with Gasteiger partial charge in [-0.1, -0.05) is 0 Å². The highest BCUT2D eigenvalue weighted by atomic mass is 16.3. The number of piperidine rings is 1. The number of amides is 2. The summed E-state index contributed by atoms with van der Waals surface area (Å²) in [4.78, 5) is 28.6. The van der Waals surface area contributed by atoms with Crippen molar-refractivity contribution in [2.45, 2.75) is 58.5 Å². The third-order valence-corrected chi connectivity index (χ3v) is 5.99. The summed E-state index contributed by atoms with van der Waals surface area (Å²) in [5.74, 6) is 1.07. The number of quaternary nitrogens is 1. The second-order valence-electron chi connectivity index (χ2n) is 8.21. The van der Waals surface area contributed by atoms with E-state index in [0.717, 1.165) is 19.0 Å². The van der Waals surface area contributed by atoms with Gasteiger partial charge in [-0.3, -0.25) is 9.59 Å². The van der Waals surface area contributed by atoms with E-state index < -0.39 is 0 Å². The lowest BCUT2D eigenvalue weighted by molar-refractivity contribution is -0.928. The molecule has 0 bridgehead atoms. The van der Waals surface area contributed by atoms with Crippen LogP contribution in [0, 0.1) is 6.92 Å². The van der Waals surface area contributed by atoms with Crippen LogP contribution < -0.4 is 10.2 Å². The predicted octanol–water partition coefficient (Wildman–Crippen LogP) is 2.18. The molecule has 3 rings (SSSR count). The van der Waals surface area contributed by atoms with Crippen molar-refractivity contribution in [3.8, 4) is 0 Å². The van der Waals surface area contributed by atoms with Crippen LogP contribution in [0.25, 0.3) is 0 Å². The molecule has 2 aromatic heterocycles. The van der Waals surface area contributed by atoms with E-state index in [0.29, 0.717) is 36.7 Å². The van der Waals surface area contributed by atoms with Crippen molar-refractivity contribution in [3.63, 3.8) is 0 Å². The first kappa shape index (κ1) is 22.2. The molecule has 1 saturated heterocycles. The first-order valence-electron chi connectivity index (χ1n) is 11.0. The Morgan fingerprint density at radius 3 is 2.80 bits per heavy atom. The van der Waals surface area contributed by atoms with Crippen molar-refractivity contribution in [3.05, 3.63) is 47.8 Å². The van der Waals surface area contributed by atoms with Gasteiger partial charge >= 0.3 is 0 Å². The number of aryl methyl sites for hydroxylation is 1. The van der Waals surface area contributed by atoms with E-state index in [2.05, 4.69) is 12.2 Å². The lowest BCUT2D eigenvalue weighted by Crippen LogP contribution is -3.16. The van der Waals surface area contributed by atoms with Crippen LogP contribution >= 0.6 is 0 Å². The van der Waals surface area contributed by atoms with E-state index in [1.54, 1.807) is 35.1 Å². The van der Waals surface area contributed by atoms with Gasteiger partial charge in [0.2, 0.25) is 5.91 Å². The molecule has 2 amide bonds. The average Bonchev–Trinajstić information content (AvgIpc) is 3.40.